The molecule has 2 fully saturated rings. The molecule has 1 spiro atoms. The van der Waals surface area contributed by atoms with E-state index < -0.39 is 15.8 Å². The zero-order chi connectivity index (χ0) is 15.1. The molecule has 3 rings (SSSR count). The molecule has 4 nitrogen and oxygen atoms in total. The molecule has 1 aromatic rings. The lowest BCUT2D eigenvalue weighted by atomic mass is 9.78. The van der Waals surface area contributed by atoms with Crippen LogP contribution >= 0.6 is 12.4 Å². The smallest absolute Gasteiger partial charge is 0.243 e. The van der Waals surface area contributed by atoms with Gasteiger partial charge in [-0.05, 0) is 68.5 Å². The summed E-state index contributed by atoms with van der Waals surface area (Å²) >= 11 is 0. The molecular weight excluding hydrogens is 327 g/mol. The summed E-state index contributed by atoms with van der Waals surface area (Å²) in [5.41, 5.74) is 0.605. The molecule has 2 aliphatic rings. The molecule has 0 radical (unpaired) electrons. The summed E-state index contributed by atoms with van der Waals surface area (Å²) in [6.07, 6.45) is 2.98. The minimum Gasteiger partial charge on any atom is -0.317 e. The van der Waals surface area contributed by atoms with Crippen molar-refractivity contribution in [3.05, 3.63) is 29.6 Å². The Morgan fingerprint density at radius 2 is 1.91 bits per heavy atom. The van der Waals surface area contributed by atoms with Crippen molar-refractivity contribution in [1.29, 1.82) is 0 Å². The van der Waals surface area contributed by atoms with Gasteiger partial charge in [0.15, 0.2) is 0 Å². The summed E-state index contributed by atoms with van der Waals surface area (Å²) in [6, 6.07) is 3.88. The normalized spacial score (nSPS) is 21.7. The average molecular weight is 349 g/mol. The highest BCUT2D eigenvalue weighted by atomic mass is 35.5. The van der Waals surface area contributed by atoms with Gasteiger partial charge in [-0.15, -0.1) is 12.4 Å². The molecule has 2 aliphatic heterocycles. The van der Waals surface area contributed by atoms with Crippen LogP contribution in [0.1, 0.15) is 24.8 Å². The van der Waals surface area contributed by atoms with Crippen molar-refractivity contribution in [2.24, 2.45) is 5.41 Å². The lowest BCUT2D eigenvalue weighted by molar-refractivity contribution is 0.218. The van der Waals surface area contributed by atoms with Crippen LogP contribution in [-0.2, 0) is 10.0 Å². The Morgan fingerprint density at radius 1 is 1.23 bits per heavy atom. The third-order valence-corrected chi connectivity index (χ3v) is 6.83. The predicted octanol–water partition coefficient (Wildman–Crippen LogP) is 2.32. The Morgan fingerprint density at radius 3 is 2.55 bits per heavy atom. The first-order valence-electron chi connectivity index (χ1n) is 7.40. The van der Waals surface area contributed by atoms with Crippen LogP contribution in [0.3, 0.4) is 0 Å². The quantitative estimate of drug-likeness (QED) is 0.892. The maximum Gasteiger partial charge on any atom is 0.243 e. The van der Waals surface area contributed by atoms with E-state index in [1.807, 2.05) is 0 Å². The van der Waals surface area contributed by atoms with Crippen molar-refractivity contribution in [3.8, 4) is 0 Å². The first-order valence-corrected chi connectivity index (χ1v) is 8.84. The van der Waals surface area contributed by atoms with Gasteiger partial charge in [-0.2, -0.15) is 4.31 Å². The molecule has 0 aromatic heterocycles. The van der Waals surface area contributed by atoms with Gasteiger partial charge in [0.2, 0.25) is 10.0 Å². The lowest BCUT2D eigenvalue weighted by Crippen LogP contribution is -2.39. The van der Waals surface area contributed by atoms with Gasteiger partial charge in [0.25, 0.3) is 0 Å². The molecule has 0 saturated carbocycles. The molecular formula is C15H22ClFN2O2S. The Labute approximate surface area is 137 Å². The fraction of sp³-hybridized carbons (Fsp3) is 0.600. The number of nitrogens with one attached hydrogen (secondary N) is 1. The Balaban J connectivity index is 0.00000176. The van der Waals surface area contributed by atoms with E-state index in [1.165, 1.54) is 18.2 Å². The lowest BCUT2D eigenvalue weighted by Gasteiger charge is -2.33. The number of halogens is 2. The van der Waals surface area contributed by atoms with Crippen LogP contribution in [-0.4, -0.2) is 38.9 Å². The van der Waals surface area contributed by atoms with E-state index in [0.717, 1.165) is 32.4 Å². The van der Waals surface area contributed by atoms with Crippen LogP contribution in [0.25, 0.3) is 0 Å². The van der Waals surface area contributed by atoms with Crippen molar-refractivity contribution in [3.63, 3.8) is 0 Å². The van der Waals surface area contributed by atoms with Crippen molar-refractivity contribution in [2.75, 3.05) is 26.2 Å². The van der Waals surface area contributed by atoms with Crippen LogP contribution in [0.4, 0.5) is 4.39 Å². The largest absolute Gasteiger partial charge is 0.317 e. The highest BCUT2D eigenvalue weighted by Crippen LogP contribution is 2.40. The number of piperidine rings is 1. The van der Waals surface area contributed by atoms with Crippen molar-refractivity contribution >= 4 is 22.4 Å². The summed E-state index contributed by atoms with van der Waals surface area (Å²) in [5.74, 6) is -0.400. The average Bonchev–Trinajstić information content (AvgIpc) is 2.83. The summed E-state index contributed by atoms with van der Waals surface area (Å²) < 4.78 is 40.3. The molecule has 0 bridgehead atoms. The predicted molar refractivity (Wildman–Crippen MR) is 86.3 cm³/mol. The van der Waals surface area contributed by atoms with E-state index in [4.69, 9.17) is 0 Å². The number of hydrogen-bond donors (Lipinski definition) is 1. The van der Waals surface area contributed by atoms with Gasteiger partial charge >= 0.3 is 0 Å². The maximum absolute atomic E-state index is 13.2. The Bertz CT molecular complexity index is 645. The zero-order valence-corrected chi connectivity index (χ0v) is 14.3. The third kappa shape index (κ3) is 3.15. The molecule has 124 valence electrons. The topological polar surface area (TPSA) is 49.4 Å². The zero-order valence-electron chi connectivity index (χ0n) is 12.6. The van der Waals surface area contributed by atoms with Crippen LogP contribution in [0.5, 0.6) is 0 Å². The Kier molecular flexibility index (Phi) is 5.16. The molecule has 1 N–H and O–H groups in total. The molecule has 22 heavy (non-hydrogen) atoms. The number of aryl methyl sites for hydroxylation is 1. The van der Waals surface area contributed by atoms with Gasteiger partial charge in [0.1, 0.15) is 5.82 Å². The van der Waals surface area contributed by atoms with E-state index in [9.17, 15) is 12.8 Å². The number of sulfonamides is 1. The summed E-state index contributed by atoms with van der Waals surface area (Å²) in [6.45, 7) is 4.73. The number of rotatable bonds is 2. The maximum atomic E-state index is 13.2. The highest BCUT2D eigenvalue weighted by molar-refractivity contribution is 7.89. The fourth-order valence-corrected chi connectivity index (χ4v) is 5.27. The van der Waals surface area contributed by atoms with E-state index in [1.54, 1.807) is 11.2 Å². The SMILES string of the molecule is Cc1cc(F)ccc1S(=O)(=O)N1CCC2(CCNCC2)C1.Cl. The second-order valence-electron chi connectivity index (χ2n) is 6.25. The number of hydrogen-bond acceptors (Lipinski definition) is 3. The molecule has 0 atom stereocenters. The van der Waals surface area contributed by atoms with Crippen molar-refractivity contribution in [1.82, 2.24) is 9.62 Å². The fourth-order valence-electron chi connectivity index (χ4n) is 3.51. The molecule has 2 saturated heterocycles. The van der Waals surface area contributed by atoms with Gasteiger partial charge in [-0.1, -0.05) is 0 Å². The van der Waals surface area contributed by atoms with Crippen molar-refractivity contribution < 1.29 is 12.8 Å². The summed E-state index contributed by atoms with van der Waals surface area (Å²) in [7, 11) is -3.52. The second kappa shape index (κ2) is 6.43. The first-order chi connectivity index (χ1) is 9.93. The molecule has 2 heterocycles. The standard InChI is InChI=1S/C15H21FN2O2S.ClH/c1-12-10-13(16)2-3-14(12)21(19,20)18-9-6-15(11-18)4-7-17-8-5-15;/h2-3,10,17H,4-9,11H2,1H3;1H. The molecule has 7 heteroatoms. The van der Waals surface area contributed by atoms with Gasteiger partial charge in [-0.3, -0.25) is 0 Å². The van der Waals surface area contributed by atoms with Gasteiger partial charge in [-0.25, -0.2) is 12.8 Å². The van der Waals surface area contributed by atoms with Crippen molar-refractivity contribution in [2.45, 2.75) is 31.1 Å². The Hall–Kier alpha value is -0.690. The number of nitrogens with zero attached hydrogens (tertiary/aromatic N) is 1. The van der Waals surface area contributed by atoms with E-state index in [0.29, 0.717) is 18.7 Å². The number of benzene rings is 1. The van der Waals surface area contributed by atoms with Gasteiger partial charge < -0.3 is 5.32 Å². The monoisotopic (exact) mass is 348 g/mol. The molecule has 0 aliphatic carbocycles. The van der Waals surface area contributed by atoms with E-state index in [2.05, 4.69) is 5.32 Å². The van der Waals surface area contributed by atoms with Crippen LogP contribution in [0.2, 0.25) is 0 Å². The van der Waals surface area contributed by atoms with Crippen LogP contribution < -0.4 is 5.32 Å². The first kappa shape index (κ1) is 17.7. The van der Waals surface area contributed by atoms with Crippen LogP contribution in [0.15, 0.2) is 23.1 Å². The third-order valence-electron chi connectivity index (χ3n) is 4.82. The summed E-state index contributed by atoms with van der Waals surface area (Å²) in [4.78, 5) is 0.231. The van der Waals surface area contributed by atoms with Crippen LogP contribution in [0, 0.1) is 18.2 Å². The van der Waals surface area contributed by atoms with E-state index >= 15 is 0 Å². The minimum atomic E-state index is -3.52. The molecule has 0 unspecified atom stereocenters. The van der Waals surface area contributed by atoms with Gasteiger partial charge in [0.05, 0.1) is 4.90 Å². The molecule has 0 amide bonds. The second-order valence-corrected chi connectivity index (χ2v) is 8.15. The highest BCUT2D eigenvalue weighted by Gasteiger charge is 2.43. The minimum absolute atomic E-state index is 0. The van der Waals surface area contributed by atoms with E-state index in [-0.39, 0.29) is 22.7 Å². The van der Waals surface area contributed by atoms with Gasteiger partial charge in [0, 0.05) is 13.1 Å². The summed E-state index contributed by atoms with van der Waals surface area (Å²) in [5, 5.41) is 3.33. The molecule has 1 aromatic carbocycles.